The summed E-state index contributed by atoms with van der Waals surface area (Å²) in [5.41, 5.74) is 0. The Morgan fingerprint density at radius 3 is 2.85 bits per heavy atom. The molecule has 2 aliphatic heterocycles. The molecule has 1 aromatic rings. The third kappa shape index (κ3) is 2.75. The number of anilines is 2. The lowest BCUT2D eigenvalue weighted by atomic mass is 10.1. The molecule has 7 nitrogen and oxygen atoms in total. The maximum atomic E-state index is 11.2. The second-order valence-corrected chi connectivity index (χ2v) is 5.52. The van der Waals surface area contributed by atoms with E-state index in [1.165, 1.54) is 17.6 Å². The van der Waals surface area contributed by atoms with Crippen LogP contribution in [0.5, 0.6) is 0 Å². The van der Waals surface area contributed by atoms with Crippen LogP contribution in [0.4, 0.5) is 11.1 Å². The second kappa shape index (κ2) is 5.76. The predicted octanol–water partition coefficient (Wildman–Crippen LogP) is -0.135. The largest absolute Gasteiger partial charge is 0.378 e. The topological polar surface area (TPSA) is 70.6 Å². The van der Waals surface area contributed by atoms with Crippen LogP contribution in [-0.4, -0.2) is 60.7 Å². The van der Waals surface area contributed by atoms with Crippen LogP contribution in [0.25, 0.3) is 0 Å². The highest BCUT2D eigenvalue weighted by Gasteiger charge is 2.30. The van der Waals surface area contributed by atoms with Gasteiger partial charge in [-0.25, -0.2) is 0 Å². The van der Waals surface area contributed by atoms with Crippen LogP contribution < -0.4 is 15.1 Å². The fraction of sp³-hybridized carbons (Fsp3) is 0.583. The van der Waals surface area contributed by atoms with Crippen molar-refractivity contribution in [1.29, 1.82) is 0 Å². The molecule has 1 N–H and O–H groups in total. The summed E-state index contributed by atoms with van der Waals surface area (Å²) in [5.74, 6) is 0.660. The highest BCUT2D eigenvalue weighted by atomic mass is 32.1. The van der Waals surface area contributed by atoms with Gasteiger partial charge >= 0.3 is 0 Å². The first kappa shape index (κ1) is 13.3. The van der Waals surface area contributed by atoms with Crippen LogP contribution in [0.1, 0.15) is 0 Å². The van der Waals surface area contributed by atoms with E-state index in [1.54, 1.807) is 0 Å². The van der Waals surface area contributed by atoms with Crippen LogP contribution in [0.15, 0.2) is 12.7 Å². The van der Waals surface area contributed by atoms with Gasteiger partial charge in [0, 0.05) is 37.7 Å². The standard InChI is InChI=1S/C12H17N5O2S/c1-2-10(18)13-9-7-17(8-9)12-14-11(15-20-12)16-3-5-19-6-4-16/h2,9H,1,3-8H2,(H,13,18). The molecule has 8 heteroatoms. The zero-order valence-corrected chi connectivity index (χ0v) is 11.9. The summed E-state index contributed by atoms with van der Waals surface area (Å²) >= 11 is 1.40. The van der Waals surface area contributed by atoms with Gasteiger partial charge in [-0.05, 0) is 6.08 Å². The van der Waals surface area contributed by atoms with E-state index in [9.17, 15) is 4.79 Å². The van der Waals surface area contributed by atoms with Gasteiger partial charge in [-0.1, -0.05) is 6.58 Å². The first-order chi connectivity index (χ1) is 9.76. The normalized spacial score (nSPS) is 19.6. The van der Waals surface area contributed by atoms with Crippen molar-refractivity contribution in [2.24, 2.45) is 0 Å². The van der Waals surface area contributed by atoms with E-state index < -0.39 is 0 Å². The molecule has 108 valence electrons. The summed E-state index contributed by atoms with van der Waals surface area (Å²) in [4.78, 5) is 20.0. The van der Waals surface area contributed by atoms with Crippen molar-refractivity contribution in [3.63, 3.8) is 0 Å². The van der Waals surface area contributed by atoms with E-state index in [-0.39, 0.29) is 11.9 Å². The molecule has 0 aliphatic carbocycles. The highest BCUT2D eigenvalue weighted by molar-refractivity contribution is 7.10. The van der Waals surface area contributed by atoms with Crippen LogP contribution in [0.2, 0.25) is 0 Å². The summed E-state index contributed by atoms with van der Waals surface area (Å²) in [5, 5.41) is 3.78. The van der Waals surface area contributed by atoms with Gasteiger partial charge in [0.1, 0.15) is 0 Å². The number of carbonyl (C=O) groups is 1. The van der Waals surface area contributed by atoms with Gasteiger partial charge in [0.15, 0.2) is 0 Å². The van der Waals surface area contributed by atoms with Gasteiger partial charge in [-0.3, -0.25) is 4.79 Å². The van der Waals surface area contributed by atoms with Gasteiger partial charge in [0.05, 0.1) is 19.3 Å². The number of nitrogens with one attached hydrogen (secondary N) is 1. The predicted molar refractivity (Wildman–Crippen MR) is 77.3 cm³/mol. The minimum absolute atomic E-state index is 0.124. The molecule has 2 aliphatic rings. The molecule has 2 saturated heterocycles. The third-order valence-electron chi connectivity index (χ3n) is 3.38. The fourth-order valence-electron chi connectivity index (χ4n) is 2.21. The fourth-order valence-corrected chi connectivity index (χ4v) is 2.92. The quantitative estimate of drug-likeness (QED) is 0.780. The minimum Gasteiger partial charge on any atom is -0.378 e. The highest BCUT2D eigenvalue weighted by Crippen LogP contribution is 2.26. The van der Waals surface area contributed by atoms with Crippen molar-refractivity contribution in [1.82, 2.24) is 14.7 Å². The van der Waals surface area contributed by atoms with Crippen molar-refractivity contribution < 1.29 is 9.53 Å². The van der Waals surface area contributed by atoms with Crippen molar-refractivity contribution in [2.75, 3.05) is 49.2 Å². The van der Waals surface area contributed by atoms with E-state index >= 15 is 0 Å². The molecule has 0 bridgehead atoms. The lowest BCUT2D eigenvalue weighted by Crippen LogP contribution is -2.59. The Hall–Kier alpha value is -1.67. The molecule has 0 unspecified atom stereocenters. The van der Waals surface area contributed by atoms with E-state index in [4.69, 9.17) is 4.74 Å². The molecule has 1 amide bonds. The number of rotatable bonds is 4. The zero-order chi connectivity index (χ0) is 13.9. The van der Waals surface area contributed by atoms with E-state index in [2.05, 4.69) is 31.1 Å². The van der Waals surface area contributed by atoms with Crippen molar-refractivity contribution in [3.05, 3.63) is 12.7 Å². The van der Waals surface area contributed by atoms with Crippen molar-refractivity contribution >= 4 is 28.5 Å². The smallest absolute Gasteiger partial charge is 0.243 e. The molecule has 0 aromatic carbocycles. The molecular formula is C12H17N5O2S. The summed E-state index contributed by atoms with van der Waals surface area (Å²) in [7, 11) is 0. The molecule has 3 rings (SSSR count). The number of ether oxygens (including phenoxy) is 1. The lowest BCUT2D eigenvalue weighted by Gasteiger charge is -2.38. The molecule has 0 radical (unpaired) electrons. The number of carbonyl (C=O) groups excluding carboxylic acids is 1. The Morgan fingerprint density at radius 1 is 1.40 bits per heavy atom. The first-order valence-electron chi connectivity index (χ1n) is 6.60. The molecule has 20 heavy (non-hydrogen) atoms. The lowest BCUT2D eigenvalue weighted by molar-refractivity contribution is -0.117. The van der Waals surface area contributed by atoms with Gasteiger partial charge in [0.2, 0.25) is 17.0 Å². The third-order valence-corrected chi connectivity index (χ3v) is 4.15. The van der Waals surface area contributed by atoms with Crippen LogP contribution in [0, 0.1) is 0 Å². The monoisotopic (exact) mass is 295 g/mol. The van der Waals surface area contributed by atoms with Crippen LogP contribution in [-0.2, 0) is 9.53 Å². The number of hydrogen-bond donors (Lipinski definition) is 1. The number of amides is 1. The maximum Gasteiger partial charge on any atom is 0.243 e. The molecule has 3 heterocycles. The maximum absolute atomic E-state index is 11.2. The van der Waals surface area contributed by atoms with E-state index in [0.717, 1.165) is 50.5 Å². The van der Waals surface area contributed by atoms with Gasteiger partial charge in [0.25, 0.3) is 0 Å². The number of aromatic nitrogens is 2. The van der Waals surface area contributed by atoms with Crippen LogP contribution >= 0.6 is 11.5 Å². The van der Waals surface area contributed by atoms with Crippen molar-refractivity contribution in [2.45, 2.75) is 6.04 Å². The Labute approximate surface area is 121 Å². The van der Waals surface area contributed by atoms with Crippen molar-refractivity contribution in [3.8, 4) is 0 Å². The summed E-state index contributed by atoms with van der Waals surface area (Å²) in [6.07, 6.45) is 1.30. The summed E-state index contributed by atoms with van der Waals surface area (Å²) in [6, 6.07) is 0.177. The second-order valence-electron chi connectivity index (χ2n) is 4.79. The average Bonchev–Trinajstić information content (AvgIpc) is 2.92. The molecule has 0 atom stereocenters. The SMILES string of the molecule is C=CC(=O)NC1CN(c2nc(N3CCOCC3)ns2)C1. The van der Waals surface area contributed by atoms with Crippen LogP contribution in [0.3, 0.4) is 0 Å². The molecule has 1 aromatic heterocycles. The number of nitrogens with zero attached hydrogens (tertiary/aromatic N) is 4. The zero-order valence-electron chi connectivity index (χ0n) is 11.1. The summed E-state index contributed by atoms with van der Waals surface area (Å²) in [6.45, 7) is 8.14. The minimum atomic E-state index is -0.124. The first-order valence-corrected chi connectivity index (χ1v) is 7.38. The van der Waals surface area contributed by atoms with Gasteiger partial charge < -0.3 is 19.9 Å². The van der Waals surface area contributed by atoms with E-state index in [1.807, 2.05) is 0 Å². The molecule has 0 spiro atoms. The average molecular weight is 295 g/mol. The number of hydrogen-bond acceptors (Lipinski definition) is 7. The molecular weight excluding hydrogens is 278 g/mol. The Morgan fingerprint density at radius 2 is 2.15 bits per heavy atom. The Kier molecular flexibility index (Phi) is 3.83. The van der Waals surface area contributed by atoms with E-state index in [0.29, 0.717) is 0 Å². The molecule has 0 saturated carbocycles. The Balaban J connectivity index is 1.53. The van der Waals surface area contributed by atoms with Gasteiger partial charge in [-0.15, -0.1) is 0 Å². The molecule has 2 fully saturated rings. The number of morpholine rings is 1. The summed E-state index contributed by atoms with van der Waals surface area (Å²) < 4.78 is 9.72. The van der Waals surface area contributed by atoms with Gasteiger partial charge in [-0.2, -0.15) is 9.36 Å². The Bertz CT molecular complexity index is 494.